The van der Waals surface area contributed by atoms with E-state index in [9.17, 15) is 44.1 Å². The number of ketones is 3. The van der Waals surface area contributed by atoms with E-state index in [1.165, 1.54) is 0 Å². The van der Waals surface area contributed by atoms with Gasteiger partial charge in [0, 0.05) is 56.4 Å². The van der Waals surface area contributed by atoms with E-state index in [0.717, 1.165) is 19.3 Å². The van der Waals surface area contributed by atoms with E-state index in [-0.39, 0.29) is 50.7 Å². The Morgan fingerprint density at radius 2 is 0.595 bits per heavy atom. The molecule has 0 unspecified atom stereocenters. The number of aliphatic carboxylic acids is 3. The van der Waals surface area contributed by atoms with Gasteiger partial charge in [0.15, 0.2) is 0 Å². The van der Waals surface area contributed by atoms with Gasteiger partial charge in [0.05, 0.1) is 0 Å². The van der Waals surface area contributed by atoms with Crippen LogP contribution in [0, 0.1) is 16.2 Å². The van der Waals surface area contributed by atoms with Crippen LogP contribution in [0.15, 0.2) is 0 Å². The van der Waals surface area contributed by atoms with E-state index in [1.54, 1.807) is 0 Å². The number of hydrogen-bond acceptors (Lipinski definition) is 9. The second-order valence-corrected chi connectivity index (χ2v) is 12.4. The fraction of sp³-hybridized carbons (Fsp3) is 0.778. The van der Waals surface area contributed by atoms with E-state index in [4.69, 9.17) is 0 Å². The van der Waals surface area contributed by atoms with Gasteiger partial charge < -0.3 is 29.7 Å². The van der Waals surface area contributed by atoms with Crippen LogP contribution in [-0.2, 0) is 45.8 Å². The summed E-state index contributed by atoms with van der Waals surface area (Å²) in [5, 5.41) is 30.0. The molecule has 0 bridgehead atoms. The van der Waals surface area contributed by atoms with Crippen LogP contribution in [0.25, 0.3) is 0 Å². The zero-order valence-corrected chi connectivity index (χ0v) is 25.0. The van der Waals surface area contributed by atoms with E-state index >= 15 is 0 Å². The Labute approximate surface area is 232 Å². The fourth-order valence-corrected chi connectivity index (χ4v) is 2.29. The molecule has 0 aliphatic carbocycles. The van der Waals surface area contributed by atoms with Crippen molar-refractivity contribution in [2.75, 3.05) is 0 Å². The minimum absolute atomic E-state index is 0. The van der Waals surface area contributed by atoms with Crippen LogP contribution < -0.4 is 15.3 Å². The number of hydrogen-bond donors (Lipinski definition) is 0. The summed E-state index contributed by atoms with van der Waals surface area (Å²) in [7, 11) is 0. The summed E-state index contributed by atoms with van der Waals surface area (Å²) in [4.78, 5) is 62.6. The predicted molar refractivity (Wildman–Crippen MR) is 130 cm³/mol. The Balaban J connectivity index is -0.000000218. The van der Waals surface area contributed by atoms with Gasteiger partial charge in [-0.15, -0.1) is 0 Å². The average molecular weight is 569 g/mol. The van der Waals surface area contributed by atoms with Gasteiger partial charge in [0.25, 0.3) is 0 Å². The maximum absolute atomic E-state index is 10.9. The van der Waals surface area contributed by atoms with Crippen molar-refractivity contribution in [3.63, 3.8) is 0 Å². The molecule has 0 aliphatic heterocycles. The summed E-state index contributed by atoms with van der Waals surface area (Å²) in [6, 6.07) is 0. The Morgan fingerprint density at radius 1 is 0.432 bits per heavy atom. The first-order valence-corrected chi connectivity index (χ1v) is 12.1. The molecule has 0 saturated carbocycles. The molecule has 0 rings (SSSR count). The molecule has 0 fully saturated rings. The van der Waals surface area contributed by atoms with Crippen LogP contribution in [0.1, 0.15) is 120 Å². The first kappa shape index (κ1) is 42.0. The summed E-state index contributed by atoms with van der Waals surface area (Å²) in [6.45, 7) is 18.1. The van der Waals surface area contributed by atoms with Crippen molar-refractivity contribution in [3.8, 4) is 0 Å². The van der Waals surface area contributed by atoms with Crippen LogP contribution in [-0.4, -0.2) is 35.3 Å². The molecule has 37 heavy (non-hydrogen) atoms. The smallest absolute Gasteiger partial charge is 0.550 e. The number of rotatable bonds is 12. The molecule has 1 radical (unpaired) electrons. The Hall–Kier alpha value is -2.06. The third-order valence-electron chi connectivity index (χ3n) is 4.49. The zero-order chi connectivity index (χ0) is 29.3. The molecule has 0 aromatic heterocycles. The summed E-state index contributed by atoms with van der Waals surface area (Å²) in [5.41, 5.74) is 0.255. The first-order chi connectivity index (χ1) is 15.9. The standard InChI is InChI=1S/3C9H16O3.Fe/c3*1-9(2,3)5-4-7(10)6-8(11)12;/h3*4-6H2,1-3H3,(H,11,12);/q;;;+3/p-3. The van der Waals surface area contributed by atoms with Gasteiger partial charge in [0.1, 0.15) is 17.3 Å². The number of carboxylic acid groups (broad SMARTS) is 3. The van der Waals surface area contributed by atoms with Crippen molar-refractivity contribution >= 4 is 35.3 Å². The predicted octanol–water partition coefficient (Wildman–Crippen LogP) is 1.56. The molecule has 0 aromatic rings. The Bertz CT molecular complexity index is 637. The fourth-order valence-electron chi connectivity index (χ4n) is 2.29. The van der Waals surface area contributed by atoms with Crippen molar-refractivity contribution in [3.05, 3.63) is 0 Å². The molecule has 0 aromatic carbocycles. The molecular weight excluding hydrogens is 524 g/mol. The molecule has 0 heterocycles. The van der Waals surface area contributed by atoms with Crippen molar-refractivity contribution in [2.45, 2.75) is 120 Å². The number of carbonyl (C=O) groups excluding carboxylic acids is 6. The monoisotopic (exact) mass is 569 g/mol. The number of Topliss-reactive ketones (excluding diaryl/α,β-unsaturated/α-hetero) is 3. The summed E-state index contributed by atoms with van der Waals surface area (Å²) in [5.74, 6) is -4.59. The third kappa shape index (κ3) is 44.4. The molecule has 0 N–H and O–H groups in total. The van der Waals surface area contributed by atoms with Gasteiger partial charge in [0.2, 0.25) is 0 Å². The second-order valence-electron chi connectivity index (χ2n) is 12.4. The van der Waals surface area contributed by atoms with Crippen LogP contribution in [0.4, 0.5) is 0 Å². The topological polar surface area (TPSA) is 172 Å². The first-order valence-electron chi connectivity index (χ1n) is 12.1. The summed E-state index contributed by atoms with van der Waals surface area (Å²) < 4.78 is 0. The Morgan fingerprint density at radius 3 is 0.703 bits per heavy atom. The number of carboxylic acids is 3. The maximum Gasteiger partial charge on any atom is 3.00 e. The van der Waals surface area contributed by atoms with Crippen molar-refractivity contribution in [2.24, 2.45) is 16.2 Å². The molecule has 9 nitrogen and oxygen atoms in total. The van der Waals surface area contributed by atoms with Crippen molar-refractivity contribution in [1.29, 1.82) is 0 Å². The minimum Gasteiger partial charge on any atom is -0.550 e. The van der Waals surface area contributed by atoms with Gasteiger partial charge >= 0.3 is 17.1 Å². The molecule has 0 saturated heterocycles. The normalized spacial score (nSPS) is 10.9. The summed E-state index contributed by atoms with van der Waals surface area (Å²) in [6.07, 6.45) is 1.81. The third-order valence-corrected chi connectivity index (χ3v) is 4.49. The van der Waals surface area contributed by atoms with Gasteiger partial charge in [-0.3, -0.25) is 14.4 Å². The van der Waals surface area contributed by atoms with E-state index in [2.05, 4.69) is 0 Å². The quantitative estimate of drug-likeness (QED) is 0.250. The Kier molecular flexibility index (Phi) is 22.7. The molecular formula is C27H45FeO9. The van der Waals surface area contributed by atoms with Crippen molar-refractivity contribution < 1.29 is 61.2 Å². The van der Waals surface area contributed by atoms with Crippen molar-refractivity contribution in [1.82, 2.24) is 0 Å². The molecule has 10 heteroatoms. The van der Waals surface area contributed by atoms with Crippen LogP contribution in [0.2, 0.25) is 0 Å². The van der Waals surface area contributed by atoms with Gasteiger partial charge in [-0.25, -0.2) is 0 Å². The minimum atomic E-state index is -1.28. The molecule has 0 amide bonds. The van der Waals surface area contributed by atoms with E-state index in [1.807, 2.05) is 62.3 Å². The van der Waals surface area contributed by atoms with Crippen LogP contribution >= 0.6 is 0 Å². The van der Waals surface area contributed by atoms with E-state index in [0.29, 0.717) is 19.3 Å². The maximum atomic E-state index is 10.9. The molecule has 215 valence electrons. The van der Waals surface area contributed by atoms with E-state index < -0.39 is 37.2 Å². The van der Waals surface area contributed by atoms with Gasteiger partial charge in [-0.05, 0) is 35.5 Å². The second kappa shape index (κ2) is 20.0. The summed E-state index contributed by atoms with van der Waals surface area (Å²) >= 11 is 0. The van der Waals surface area contributed by atoms with Crippen LogP contribution in [0.5, 0.6) is 0 Å². The van der Waals surface area contributed by atoms with Crippen LogP contribution in [0.3, 0.4) is 0 Å². The average Bonchev–Trinajstić information content (AvgIpc) is 2.61. The zero-order valence-electron chi connectivity index (χ0n) is 23.9. The van der Waals surface area contributed by atoms with Gasteiger partial charge in [-0.1, -0.05) is 62.3 Å². The molecule has 0 atom stereocenters. The number of carbonyl (C=O) groups is 6. The van der Waals surface area contributed by atoms with Gasteiger partial charge in [-0.2, -0.15) is 0 Å². The largest absolute Gasteiger partial charge is 3.00 e. The molecule has 0 spiro atoms. The SMILES string of the molecule is CC(C)(C)CCC(=O)CC(=O)[O-].CC(C)(C)CCC(=O)CC(=O)[O-].CC(C)(C)CCC(=O)CC(=O)[O-].[Fe+3]. The molecule has 0 aliphatic rings.